The minimum absolute atomic E-state index is 0.0404. The Hall–Kier alpha value is -2.21. The zero-order valence-corrected chi connectivity index (χ0v) is 17.4. The summed E-state index contributed by atoms with van der Waals surface area (Å²) < 4.78 is 5.10. The molecule has 27 heavy (non-hydrogen) atoms. The van der Waals surface area contributed by atoms with Crippen molar-refractivity contribution in [2.45, 2.75) is 58.9 Å². The molecule has 0 radical (unpaired) electrons. The zero-order valence-electron chi connectivity index (χ0n) is 16.5. The van der Waals surface area contributed by atoms with E-state index in [1.54, 1.807) is 18.7 Å². The highest BCUT2D eigenvalue weighted by atomic mass is 32.1. The largest absolute Gasteiger partial charge is 0.462 e. The molecule has 0 unspecified atom stereocenters. The summed E-state index contributed by atoms with van der Waals surface area (Å²) in [4.78, 5) is 32.0. The van der Waals surface area contributed by atoms with Crippen molar-refractivity contribution >= 4 is 28.3 Å². The number of rotatable bonds is 5. The molecule has 2 aromatic rings. The molecule has 1 amide bonds. The number of esters is 1. The molecule has 0 atom stereocenters. The van der Waals surface area contributed by atoms with E-state index >= 15 is 0 Å². The van der Waals surface area contributed by atoms with Crippen LogP contribution >= 0.6 is 11.3 Å². The second-order valence-corrected chi connectivity index (χ2v) is 8.84. The van der Waals surface area contributed by atoms with Crippen molar-refractivity contribution in [2.75, 3.05) is 11.5 Å². The molecule has 1 aromatic carbocycles. The third-order valence-electron chi connectivity index (χ3n) is 4.58. The van der Waals surface area contributed by atoms with Crippen molar-refractivity contribution in [1.29, 1.82) is 0 Å². The summed E-state index contributed by atoms with van der Waals surface area (Å²) in [6.45, 7) is 10.3. The van der Waals surface area contributed by atoms with Gasteiger partial charge in [0.25, 0.3) is 5.91 Å². The Labute approximate surface area is 164 Å². The van der Waals surface area contributed by atoms with E-state index in [1.165, 1.54) is 16.9 Å². The predicted molar refractivity (Wildman–Crippen MR) is 108 cm³/mol. The number of carbonyl (C=O) groups excluding carboxylic acids is 2. The molecule has 1 aromatic heterocycles. The van der Waals surface area contributed by atoms with E-state index in [-0.39, 0.29) is 23.3 Å². The number of nitrogens with zero attached hydrogens (tertiary/aromatic N) is 2. The second kappa shape index (κ2) is 7.43. The lowest BCUT2D eigenvalue weighted by Crippen LogP contribution is -2.33. The van der Waals surface area contributed by atoms with Crippen LogP contribution in [0.3, 0.4) is 0 Å². The van der Waals surface area contributed by atoms with Crippen LogP contribution in [0.1, 0.15) is 71.8 Å². The van der Waals surface area contributed by atoms with E-state index in [0.717, 1.165) is 12.8 Å². The Balaban J connectivity index is 1.89. The summed E-state index contributed by atoms with van der Waals surface area (Å²) in [6.07, 6.45) is 1.92. The molecular formula is C21H26N2O3S. The van der Waals surface area contributed by atoms with E-state index < -0.39 is 0 Å². The van der Waals surface area contributed by atoms with Crippen LogP contribution in [0.25, 0.3) is 0 Å². The van der Waals surface area contributed by atoms with Gasteiger partial charge in [0.15, 0.2) is 5.13 Å². The first kappa shape index (κ1) is 19.5. The molecule has 144 valence electrons. The van der Waals surface area contributed by atoms with E-state index in [1.807, 2.05) is 24.3 Å². The highest BCUT2D eigenvalue weighted by molar-refractivity contribution is 7.17. The highest BCUT2D eigenvalue weighted by Crippen LogP contribution is 2.37. The van der Waals surface area contributed by atoms with Crippen LogP contribution in [0.2, 0.25) is 0 Å². The standard InChI is InChI=1S/C21H26N2O3S/c1-6-26-19(25)17-13(2)22-20(27-17)23(16-11-12-16)18(24)14-7-9-15(10-8-14)21(3,4)5/h7-10,16H,6,11-12H2,1-5H3. The van der Waals surface area contributed by atoms with Gasteiger partial charge in [0, 0.05) is 11.6 Å². The van der Waals surface area contributed by atoms with Gasteiger partial charge in [0.05, 0.1) is 12.3 Å². The summed E-state index contributed by atoms with van der Waals surface area (Å²) >= 11 is 1.23. The van der Waals surface area contributed by atoms with Gasteiger partial charge in [-0.05, 0) is 49.8 Å². The van der Waals surface area contributed by atoms with Crippen molar-refractivity contribution in [3.8, 4) is 0 Å². The summed E-state index contributed by atoms with van der Waals surface area (Å²) in [5, 5.41) is 0.572. The van der Waals surface area contributed by atoms with Crippen LogP contribution in [0.15, 0.2) is 24.3 Å². The molecule has 6 heteroatoms. The summed E-state index contributed by atoms with van der Waals surface area (Å²) in [5.41, 5.74) is 2.47. The molecule has 0 N–H and O–H groups in total. The van der Waals surface area contributed by atoms with Crippen molar-refractivity contribution in [2.24, 2.45) is 0 Å². The van der Waals surface area contributed by atoms with Gasteiger partial charge in [0.2, 0.25) is 0 Å². The van der Waals surface area contributed by atoms with Crippen molar-refractivity contribution < 1.29 is 14.3 Å². The Morgan fingerprint density at radius 3 is 2.37 bits per heavy atom. The Morgan fingerprint density at radius 1 is 1.22 bits per heavy atom. The molecule has 1 aliphatic rings. The van der Waals surface area contributed by atoms with Gasteiger partial charge in [-0.3, -0.25) is 9.69 Å². The number of carbonyl (C=O) groups is 2. The zero-order chi connectivity index (χ0) is 19.8. The minimum atomic E-state index is -0.378. The van der Waals surface area contributed by atoms with Crippen molar-refractivity contribution in [1.82, 2.24) is 4.98 Å². The van der Waals surface area contributed by atoms with E-state index in [0.29, 0.717) is 27.9 Å². The lowest BCUT2D eigenvalue weighted by Gasteiger charge is -2.21. The van der Waals surface area contributed by atoms with Gasteiger partial charge < -0.3 is 4.74 Å². The number of thiazole rings is 1. The molecule has 5 nitrogen and oxygen atoms in total. The molecule has 1 saturated carbocycles. The maximum Gasteiger partial charge on any atom is 0.350 e. The number of hydrogen-bond donors (Lipinski definition) is 0. The summed E-state index contributed by atoms with van der Waals surface area (Å²) in [7, 11) is 0. The lowest BCUT2D eigenvalue weighted by molar-refractivity contribution is 0.0531. The molecule has 0 spiro atoms. The number of ether oxygens (including phenoxy) is 1. The topological polar surface area (TPSA) is 59.5 Å². The molecular weight excluding hydrogens is 360 g/mol. The SMILES string of the molecule is CCOC(=O)c1sc(N(C(=O)c2ccc(C(C)(C)C)cc2)C2CC2)nc1C. The molecule has 3 rings (SSSR count). The van der Waals surface area contributed by atoms with E-state index in [9.17, 15) is 9.59 Å². The van der Waals surface area contributed by atoms with Crippen LogP contribution in [0.5, 0.6) is 0 Å². The average Bonchev–Trinajstić information content (AvgIpc) is 3.36. The quantitative estimate of drug-likeness (QED) is 0.697. The van der Waals surface area contributed by atoms with Gasteiger partial charge in [-0.2, -0.15) is 0 Å². The first-order valence-corrected chi connectivity index (χ1v) is 10.1. The molecule has 1 heterocycles. The maximum absolute atomic E-state index is 13.2. The first-order valence-electron chi connectivity index (χ1n) is 9.31. The number of benzene rings is 1. The van der Waals surface area contributed by atoms with Crippen molar-refractivity contribution in [3.63, 3.8) is 0 Å². The Bertz CT molecular complexity index is 845. The molecule has 1 fully saturated rings. The third kappa shape index (κ3) is 4.21. The molecule has 0 aliphatic heterocycles. The summed E-state index contributed by atoms with van der Waals surface area (Å²) in [5.74, 6) is -0.446. The van der Waals surface area contributed by atoms with Crippen LogP contribution in [0.4, 0.5) is 5.13 Å². The number of aromatic nitrogens is 1. The summed E-state index contributed by atoms with van der Waals surface area (Å²) in [6, 6.07) is 7.93. The average molecular weight is 387 g/mol. The number of hydrogen-bond acceptors (Lipinski definition) is 5. The highest BCUT2D eigenvalue weighted by Gasteiger charge is 2.37. The third-order valence-corrected chi connectivity index (χ3v) is 5.72. The van der Waals surface area contributed by atoms with Crippen molar-refractivity contribution in [3.05, 3.63) is 46.0 Å². The van der Waals surface area contributed by atoms with Gasteiger partial charge in [-0.1, -0.05) is 44.2 Å². The Morgan fingerprint density at radius 2 is 1.85 bits per heavy atom. The fourth-order valence-electron chi connectivity index (χ4n) is 2.86. The normalized spacial score (nSPS) is 14.1. The lowest BCUT2D eigenvalue weighted by atomic mass is 9.86. The number of amides is 1. The van der Waals surface area contributed by atoms with Gasteiger partial charge in [0.1, 0.15) is 4.88 Å². The predicted octanol–water partition coefficient (Wildman–Crippen LogP) is 4.73. The fourth-order valence-corrected chi connectivity index (χ4v) is 3.90. The maximum atomic E-state index is 13.2. The second-order valence-electron chi connectivity index (χ2n) is 7.87. The fraction of sp³-hybridized carbons (Fsp3) is 0.476. The molecule has 0 bridgehead atoms. The van der Waals surface area contributed by atoms with E-state index in [2.05, 4.69) is 25.8 Å². The van der Waals surface area contributed by atoms with Gasteiger partial charge in [-0.25, -0.2) is 9.78 Å². The van der Waals surface area contributed by atoms with Crippen LogP contribution < -0.4 is 4.90 Å². The monoisotopic (exact) mass is 386 g/mol. The molecule has 1 aliphatic carbocycles. The first-order chi connectivity index (χ1) is 12.7. The van der Waals surface area contributed by atoms with Crippen LogP contribution in [-0.4, -0.2) is 29.5 Å². The van der Waals surface area contributed by atoms with E-state index in [4.69, 9.17) is 4.74 Å². The van der Waals surface area contributed by atoms with Gasteiger partial charge >= 0.3 is 5.97 Å². The number of anilines is 1. The van der Waals surface area contributed by atoms with Gasteiger partial charge in [-0.15, -0.1) is 0 Å². The smallest absolute Gasteiger partial charge is 0.350 e. The van der Waals surface area contributed by atoms with Crippen LogP contribution in [0, 0.1) is 6.92 Å². The Kier molecular flexibility index (Phi) is 5.38. The van der Waals surface area contributed by atoms with Crippen LogP contribution in [-0.2, 0) is 10.2 Å². The number of aryl methyl sites for hydroxylation is 1. The molecule has 0 saturated heterocycles. The minimum Gasteiger partial charge on any atom is -0.462 e.